The summed E-state index contributed by atoms with van der Waals surface area (Å²) in [5, 5.41) is 11.0. The Hall–Kier alpha value is -1.99. The van der Waals surface area contributed by atoms with Crippen LogP contribution >= 0.6 is 15.9 Å². The molecular formula is C14H12BrFN2O3. The van der Waals surface area contributed by atoms with E-state index in [2.05, 4.69) is 15.9 Å². The fourth-order valence-electron chi connectivity index (χ4n) is 1.81. The number of benzene rings is 2. The minimum Gasteiger partial charge on any atom is -0.450 e. The van der Waals surface area contributed by atoms with Gasteiger partial charge in [-0.15, -0.1) is 0 Å². The Kier molecular flexibility index (Phi) is 4.54. The van der Waals surface area contributed by atoms with E-state index in [0.717, 1.165) is 16.6 Å². The van der Waals surface area contributed by atoms with Crippen molar-refractivity contribution in [2.24, 2.45) is 5.73 Å². The Labute approximate surface area is 128 Å². The maximum Gasteiger partial charge on any atom is 0.314 e. The van der Waals surface area contributed by atoms with Gasteiger partial charge in [0.25, 0.3) is 0 Å². The van der Waals surface area contributed by atoms with Gasteiger partial charge < -0.3 is 10.5 Å². The first-order chi connectivity index (χ1) is 9.88. The van der Waals surface area contributed by atoms with Gasteiger partial charge >= 0.3 is 5.69 Å². The minimum absolute atomic E-state index is 0.0365. The second-order valence-electron chi connectivity index (χ2n) is 4.44. The van der Waals surface area contributed by atoms with Crippen molar-refractivity contribution in [2.45, 2.75) is 13.0 Å². The second-order valence-corrected chi connectivity index (χ2v) is 5.36. The summed E-state index contributed by atoms with van der Waals surface area (Å²) in [6.45, 7) is 1.77. The number of hydrogen-bond acceptors (Lipinski definition) is 4. The molecule has 0 spiro atoms. The Morgan fingerprint density at radius 3 is 2.57 bits per heavy atom. The first kappa shape index (κ1) is 15.4. The highest BCUT2D eigenvalue weighted by atomic mass is 79.9. The summed E-state index contributed by atoms with van der Waals surface area (Å²) in [5.41, 5.74) is 6.11. The van der Waals surface area contributed by atoms with Gasteiger partial charge in [-0.25, -0.2) is 4.39 Å². The van der Waals surface area contributed by atoms with Crippen molar-refractivity contribution in [3.8, 4) is 11.5 Å². The molecule has 0 aliphatic rings. The van der Waals surface area contributed by atoms with E-state index in [9.17, 15) is 14.5 Å². The standard InChI is InChI=1S/C14H12BrFN2O3/c1-8(17)11-6-9(15)2-4-13(11)21-14-5-3-10(16)7-12(14)18(19)20/h2-8H,17H2,1H3. The summed E-state index contributed by atoms with van der Waals surface area (Å²) < 4.78 is 19.5. The van der Waals surface area contributed by atoms with E-state index in [1.54, 1.807) is 25.1 Å². The smallest absolute Gasteiger partial charge is 0.314 e. The van der Waals surface area contributed by atoms with Gasteiger partial charge in [-0.2, -0.15) is 0 Å². The fraction of sp³-hybridized carbons (Fsp3) is 0.143. The Balaban J connectivity index is 2.46. The molecule has 0 amide bonds. The molecule has 2 aromatic rings. The minimum atomic E-state index is -0.697. The average Bonchev–Trinajstić information content (AvgIpc) is 2.42. The van der Waals surface area contributed by atoms with E-state index >= 15 is 0 Å². The number of rotatable bonds is 4. The van der Waals surface area contributed by atoms with Crippen molar-refractivity contribution < 1.29 is 14.1 Å². The second kappa shape index (κ2) is 6.19. The van der Waals surface area contributed by atoms with E-state index in [4.69, 9.17) is 10.5 Å². The molecule has 0 heterocycles. The maximum atomic E-state index is 13.1. The lowest BCUT2D eigenvalue weighted by Crippen LogP contribution is -2.07. The van der Waals surface area contributed by atoms with Crippen molar-refractivity contribution in [3.63, 3.8) is 0 Å². The normalized spacial score (nSPS) is 12.0. The topological polar surface area (TPSA) is 78.4 Å². The molecular weight excluding hydrogens is 343 g/mol. The zero-order valence-electron chi connectivity index (χ0n) is 11.0. The number of nitrogens with zero attached hydrogens (tertiary/aromatic N) is 1. The summed E-state index contributed by atoms with van der Waals surface area (Å²) in [6.07, 6.45) is 0. The zero-order chi connectivity index (χ0) is 15.6. The summed E-state index contributed by atoms with van der Waals surface area (Å²) in [4.78, 5) is 10.3. The molecule has 0 aliphatic heterocycles. The van der Waals surface area contributed by atoms with Crippen LogP contribution in [0.3, 0.4) is 0 Å². The van der Waals surface area contributed by atoms with E-state index in [-0.39, 0.29) is 11.8 Å². The molecule has 5 nitrogen and oxygen atoms in total. The highest BCUT2D eigenvalue weighted by Gasteiger charge is 2.19. The Morgan fingerprint density at radius 2 is 1.95 bits per heavy atom. The van der Waals surface area contributed by atoms with Gasteiger partial charge in [0, 0.05) is 16.1 Å². The van der Waals surface area contributed by atoms with Crippen LogP contribution in [-0.4, -0.2) is 4.92 Å². The van der Waals surface area contributed by atoms with Crippen molar-refractivity contribution in [3.05, 3.63) is 62.4 Å². The predicted octanol–water partition coefficient (Wildman–Crippen LogP) is 4.31. The summed E-state index contributed by atoms with van der Waals surface area (Å²) in [7, 11) is 0. The molecule has 0 bridgehead atoms. The van der Waals surface area contributed by atoms with Gasteiger partial charge in [-0.05, 0) is 37.3 Å². The van der Waals surface area contributed by atoms with Crippen LogP contribution in [0.2, 0.25) is 0 Å². The third-order valence-electron chi connectivity index (χ3n) is 2.80. The molecule has 0 saturated heterocycles. The Bertz CT molecular complexity index is 692. The average molecular weight is 355 g/mol. The van der Waals surface area contributed by atoms with Crippen LogP contribution in [0.4, 0.5) is 10.1 Å². The van der Waals surface area contributed by atoms with Crippen LogP contribution in [0.5, 0.6) is 11.5 Å². The number of ether oxygens (including phenoxy) is 1. The monoisotopic (exact) mass is 354 g/mol. The molecule has 21 heavy (non-hydrogen) atoms. The molecule has 2 rings (SSSR count). The lowest BCUT2D eigenvalue weighted by molar-refractivity contribution is -0.385. The molecule has 0 saturated carbocycles. The number of halogens is 2. The first-order valence-corrected chi connectivity index (χ1v) is 6.84. The largest absolute Gasteiger partial charge is 0.450 e. The number of nitro groups is 1. The molecule has 1 atom stereocenters. The van der Waals surface area contributed by atoms with E-state index < -0.39 is 16.4 Å². The van der Waals surface area contributed by atoms with Crippen LogP contribution < -0.4 is 10.5 Å². The molecule has 2 N–H and O–H groups in total. The highest BCUT2D eigenvalue weighted by molar-refractivity contribution is 9.10. The van der Waals surface area contributed by atoms with Crippen LogP contribution in [0.15, 0.2) is 40.9 Å². The molecule has 0 fully saturated rings. The predicted molar refractivity (Wildman–Crippen MR) is 79.9 cm³/mol. The molecule has 2 aromatic carbocycles. The lowest BCUT2D eigenvalue weighted by Gasteiger charge is -2.14. The first-order valence-electron chi connectivity index (χ1n) is 6.05. The van der Waals surface area contributed by atoms with E-state index in [1.807, 2.05) is 0 Å². The van der Waals surface area contributed by atoms with Crippen LogP contribution in [-0.2, 0) is 0 Å². The van der Waals surface area contributed by atoms with Crippen molar-refractivity contribution >= 4 is 21.6 Å². The van der Waals surface area contributed by atoms with E-state index in [1.165, 1.54) is 6.07 Å². The number of nitrogens with two attached hydrogens (primary N) is 1. The molecule has 1 unspecified atom stereocenters. The van der Waals surface area contributed by atoms with Gasteiger partial charge in [0.1, 0.15) is 11.6 Å². The van der Waals surface area contributed by atoms with Crippen molar-refractivity contribution in [1.82, 2.24) is 0 Å². The van der Waals surface area contributed by atoms with Crippen LogP contribution in [0, 0.1) is 15.9 Å². The maximum absolute atomic E-state index is 13.1. The third kappa shape index (κ3) is 3.56. The Morgan fingerprint density at radius 1 is 1.29 bits per heavy atom. The van der Waals surface area contributed by atoms with Crippen molar-refractivity contribution in [2.75, 3.05) is 0 Å². The van der Waals surface area contributed by atoms with Gasteiger partial charge in [-0.1, -0.05) is 15.9 Å². The van der Waals surface area contributed by atoms with Crippen LogP contribution in [0.25, 0.3) is 0 Å². The van der Waals surface area contributed by atoms with Crippen LogP contribution in [0.1, 0.15) is 18.5 Å². The molecule has 0 aliphatic carbocycles. The van der Waals surface area contributed by atoms with Gasteiger partial charge in [0.15, 0.2) is 0 Å². The quantitative estimate of drug-likeness (QED) is 0.655. The molecule has 0 aromatic heterocycles. The fourth-order valence-corrected chi connectivity index (χ4v) is 2.18. The number of hydrogen-bond donors (Lipinski definition) is 1. The summed E-state index contributed by atoms with van der Waals surface area (Å²) in [5.74, 6) is -0.342. The van der Waals surface area contributed by atoms with Gasteiger partial charge in [0.05, 0.1) is 11.0 Å². The van der Waals surface area contributed by atoms with Gasteiger partial charge in [0.2, 0.25) is 5.75 Å². The third-order valence-corrected chi connectivity index (χ3v) is 3.29. The molecule has 110 valence electrons. The van der Waals surface area contributed by atoms with E-state index in [0.29, 0.717) is 11.3 Å². The number of nitro benzene ring substituents is 1. The molecule has 7 heteroatoms. The summed E-state index contributed by atoms with van der Waals surface area (Å²) >= 11 is 3.33. The lowest BCUT2D eigenvalue weighted by atomic mass is 10.1. The van der Waals surface area contributed by atoms with Gasteiger partial charge in [-0.3, -0.25) is 10.1 Å². The SMILES string of the molecule is CC(N)c1cc(Br)ccc1Oc1ccc(F)cc1[N+](=O)[O-]. The van der Waals surface area contributed by atoms with Crippen molar-refractivity contribution in [1.29, 1.82) is 0 Å². The highest BCUT2D eigenvalue weighted by Crippen LogP contribution is 2.35. The zero-order valence-corrected chi connectivity index (χ0v) is 12.6. The molecule has 0 radical (unpaired) electrons. The summed E-state index contributed by atoms with van der Waals surface area (Å²) in [6, 6.07) is 7.98.